The maximum Gasteiger partial charge on any atom is 0.349 e. The molecule has 0 fully saturated rings. The molecule has 0 saturated carbocycles. The highest BCUT2D eigenvalue weighted by Crippen LogP contribution is 2.32. The van der Waals surface area contributed by atoms with E-state index in [0.29, 0.717) is 5.75 Å². The van der Waals surface area contributed by atoms with Crippen molar-refractivity contribution in [2.75, 3.05) is 0 Å². The zero-order valence-electron chi connectivity index (χ0n) is 11.3. The van der Waals surface area contributed by atoms with E-state index in [4.69, 9.17) is 21.4 Å². The number of benzene rings is 1. The van der Waals surface area contributed by atoms with E-state index < -0.39 is 5.97 Å². The summed E-state index contributed by atoms with van der Waals surface area (Å²) in [4.78, 5) is 14.7. The average molecular weight is 312 g/mol. The lowest BCUT2D eigenvalue weighted by molar-refractivity contribution is 0.0702. The number of aromatic nitrogens is 1. The summed E-state index contributed by atoms with van der Waals surface area (Å²) in [5.74, 6) is -0.509. The molecule has 0 aliphatic heterocycles. The van der Waals surface area contributed by atoms with Crippen LogP contribution in [0.1, 0.15) is 36.0 Å². The summed E-state index contributed by atoms with van der Waals surface area (Å²) in [6.45, 7) is 6.38. The summed E-state index contributed by atoms with van der Waals surface area (Å²) in [6.07, 6.45) is 0. The summed E-state index contributed by atoms with van der Waals surface area (Å²) in [6, 6.07) is 7.61. The highest BCUT2D eigenvalue weighted by Gasteiger charge is 2.17. The van der Waals surface area contributed by atoms with Crippen molar-refractivity contribution in [3.05, 3.63) is 39.9 Å². The Hall–Kier alpha value is -1.59. The third-order valence-electron chi connectivity index (χ3n) is 2.69. The second kappa shape index (κ2) is 5.42. The van der Waals surface area contributed by atoms with Crippen LogP contribution in [0.3, 0.4) is 0 Å². The van der Waals surface area contributed by atoms with E-state index in [1.807, 2.05) is 24.3 Å². The monoisotopic (exact) mass is 311 g/mol. The van der Waals surface area contributed by atoms with Crippen molar-refractivity contribution < 1.29 is 14.6 Å². The van der Waals surface area contributed by atoms with Gasteiger partial charge in [0.2, 0.25) is 0 Å². The summed E-state index contributed by atoms with van der Waals surface area (Å²) >= 11 is 6.64. The van der Waals surface area contributed by atoms with Gasteiger partial charge in [-0.05, 0) is 23.1 Å². The molecule has 20 heavy (non-hydrogen) atoms. The van der Waals surface area contributed by atoms with Gasteiger partial charge in [-0.2, -0.15) is 4.98 Å². The van der Waals surface area contributed by atoms with Gasteiger partial charge in [0.1, 0.15) is 5.75 Å². The van der Waals surface area contributed by atoms with Crippen molar-refractivity contribution in [2.45, 2.75) is 26.2 Å². The number of ether oxygens (including phenoxy) is 1. The molecule has 0 aliphatic rings. The molecule has 0 unspecified atom stereocenters. The summed E-state index contributed by atoms with van der Waals surface area (Å²) in [7, 11) is 0. The fourth-order valence-electron chi connectivity index (χ4n) is 1.58. The summed E-state index contributed by atoms with van der Waals surface area (Å²) in [5, 5.41) is 9.07. The Labute approximate surface area is 126 Å². The molecular weight excluding hydrogens is 298 g/mol. The maximum absolute atomic E-state index is 10.9. The molecule has 2 aromatic rings. The normalized spacial score (nSPS) is 11.4. The highest BCUT2D eigenvalue weighted by molar-refractivity contribution is 7.15. The van der Waals surface area contributed by atoms with Crippen LogP contribution >= 0.6 is 22.9 Å². The van der Waals surface area contributed by atoms with Crippen LogP contribution in [0.2, 0.25) is 5.15 Å². The Bertz CT molecular complexity index is 629. The van der Waals surface area contributed by atoms with Crippen LogP contribution in [-0.4, -0.2) is 16.1 Å². The maximum atomic E-state index is 10.9. The SMILES string of the molecule is CC(C)(C)c1ccc(Oc2nc(Cl)c(C(=O)O)s2)cc1. The number of carboxylic acids is 1. The van der Waals surface area contributed by atoms with Gasteiger partial charge in [0.15, 0.2) is 10.0 Å². The van der Waals surface area contributed by atoms with Crippen molar-refractivity contribution in [3.8, 4) is 10.9 Å². The first-order valence-corrected chi connectivity index (χ1v) is 7.15. The van der Waals surface area contributed by atoms with Gasteiger partial charge in [-0.25, -0.2) is 4.79 Å². The van der Waals surface area contributed by atoms with E-state index in [9.17, 15) is 4.79 Å². The molecule has 0 radical (unpaired) electrons. The number of carbonyl (C=O) groups is 1. The summed E-state index contributed by atoms with van der Waals surface area (Å²) in [5.41, 5.74) is 1.26. The van der Waals surface area contributed by atoms with Crippen LogP contribution in [-0.2, 0) is 5.41 Å². The first kappa shape index (κ1) is 14.8. The van der Waals surface area contributed by atoms with E-state index in [-0.39, 0.29) is 20.6 Å². The molecule has 106 valence electrons. The largest absolute Gasteiger partial charge is 0.477 e. The van der Waals surface area contributed by atoms with Gasteiger partial charge < -0.3 is 9.84 Å². The Morgan fingerprint density at radius 3 is 2.35 bits per heavy atom. The standard InChI is InChI=1S/C14H14ClNO3S/c1-14(2,3)8-4-6-9(7-5-8)19-13-16-11(15)10(20-13)12(17)18/h4-7H,1-3H3,(H,17,18). The van der Waals surface area contributed by atoms with Crippen LogP contribution < -0.4 is 4.74 Å². The first-order valence-electron chi connectivity index (χ1n) is 5.95. The predicted molar refractivity (Wildman–Crippen MR) is 79.3 cm³/mol. The third kappa shape index (κ3) is 3.29. The molecule has 1 N–H and O–H groups in total. The van der Waals surface area contributed by atoms with Crippen LogP contribution in [0.5, 0.6) is 10.9 Å². The Morgan fingerprint density at radius 2 is 1.90 bits per heavy atom. The lowest BCUT2D eigenvalue weighted by atomic mass is 9.87. The van der Waals surface area contributed by atoms with Gasteiger partial charge in [0.05, 0.1) is 0 Å². The second-order valence-electron chi connectivity index (χ2n) is 5.28. The van der Waals surface area contributed by atoms with E-state index in [2.05, 4.69) is 25.8 Å². The number of thiazole rings is 1. The van der Waals surface area contributed by atoms with Crippen LogP contribution in [0.4, 0.5) is 0 Å². The number of halogens is 1. The van der Waals surface area contributed by atoms with Crippen LogP contribution in [0.15, 0.2) is 24.3 Å². The van der Waals surface area contributed by atoms with Gasteiger partial charge in [0.25, 0.3) is 5.19 Å². The van der Waals surface area contributed by atoms with Crippen molar-refractivity contribution in [3.63, 3.8) is 0 Å². The van der Waals surface area contributed by atoms with E-state index in [1.165, 1.54) is 5.56 Å². The zero-order chi connectivity index (χ0) is 14.9. The van der Waals surface area contributed by atoms with E-state index in [1.54, 1.807) is 0 Å². The van der Waals surface area contributed by atoms with Gasteiger partial charge in [0, 0.05) is 0 Å². The zero-order valence-corrected chi connectivity index (χ0v) is 12.9. The smallest absolute Gasteiger partial charge is 0.349 e. The number of nitrogens with zero attached hydrogens (tertiary/aromatic N) is 1. The predicted octanol–water partition coefficient (Wildman–Crippen LogP) is 4.58. The molecule has 0 atom stereocenters. The average Bonchev–Trinajstić information content (AvgIpc) is 2.70. The van der Waals surface area contributed by atoms with Crippen LogP contribution in [0, 0.1) is 0 Å². The fourth-order valence-corrected chi connectivity index (χ4v) is 2.57. The Balaban J connectivity index is 2.18. The molecule has 2 rings (SSSR count). The second-order valence-corrected chi connectivity index (χ2v) is 6.60. The third-order valence-corrected chi connectivity index (χ3v) is 3.99. The van der Waals surface area contributed by atoms with Crippen molar-refractivity contribution in [2.24, 2.45) is 0 Å². The highest BCUT2D eigenvalue weighted by atomic mass is 35.5. The molecular formula is C14H14ClNO3S. The molecule has 1 aromatic carbocycles. The fraction of sp³-hybridized carbons (Fsp3) is 0.286. The Morgan fingerprint density at radius 1 is 1.30 bits per heavy atom. The number of rotatable bonds is 3. The molecule has 0 spiro atoms. The molecule has 0 amide bonds. The lowest BCUT2D eigenvalue weighted by Gasteiger charge is -2.18. The molecule has 0 bridgehead atoms. The topological polar surface area (TPSA) is 59.4 Å². The van der Waals surface area contributed by atoms with Gasteiger partial charge in [-0.15, -0.1) is 0 Å². The van der Waals surface area contributed by atoms with Gasteiger partial charge in [-0.1, -0.05) is 55.8 Å². The molecule has 6 heteroatoms. The van der Waals surface area contributed by atoms with E-state index in [0.717, 1.165) is 11.3 Å². The Kier molecular flexibility index (Phi) is 4.01. The quantitative estimate of drug-likeness (QED) is 0.901. The molecule has 1 heterocycles. The summed E-state index contributed by atoms with van der Waals surface area (Å²) < 4.78 is 5.52. The minimum Gasteiger partial charge on any atom is -0.477 e. The van der Waals surface area contributed by atoms with Crippen molar-refractivity contribution in [1.29, 1.82) is 0 Å². The number of hydrogen-bond donors (Lipinski definition) is 1. The number of hydrogen-bond acceptors (Lipinski definition) is 4. The lowest BCUT2D eigenvalue weighted by Crippen LogP contribution is -2.10. The van der Waals surface area contributed by atoms with E-state index >= 15 is 0 Å². The van der Waals surface area contributed by atoms with Gasteiger partial charge in [-0.3, -0.25) is 0 Å². The first-order chi connectivity index (χ1) is 9.27. The minimum atomic E-state index is -1.11. The minimum absolute atomic E-state index is 0.0204. The van der Waals surface area contributed by atoms with Crippen molar-refractivity contribution in [1.82, 2.24) is 4.98 Å². The number of aromatic carboxylic acids is 1. The molecule has 4 nitrogen and oxygen atoms in total. The molecule has 1 aromatic heterocycles. The molecule has 0 saturated heterocycles. The molecule has 0 aliphatic carbocycles. The van der Waals surface area contributed by atoms with Crippen molar-refractivity contribution >= 4 is 28.9 Å². The van der Waals surface area contributed by atoms with Gasteiger partial charge >= 0.3 is 5.97 Å². The van der Waals surface area contributed by atoms with Crippen LogP contribution in [0.25, 0.3) is 0 Å². The number of carboxylic acid groups (broad SMARTS) is 1.